The van der Waals surface area contributed by atoms with E-state index in [0.717, 1.165) is 6.26 Å². The van der Waals surface area contributed by atoms with Crippen LogP contribution in [0.1, 0.15) is 18.7 Å². The SMILES string of the molecule is CS(=O)(=O)CC(CCCc1ncccn1)N(O)C=O. The fraction of sp³-hybridized carbons (Fsp3) is 0.545. The summed E-state index contributed by atoms with van der Waals surface area (Å²) < 4.78 is 22.4. The normalized spacial score (nSPS) is 12.9. The maximum atomic E-state index is 11.2. The first-order valence-corrected chi connectivity index (χ1v) is 7.84. The summed E-state index contributed by atoms with van der Waals surface area (Å²) in [5.41, 5.74) is 0. The highest BCUT2D eigenvalue weighted by Gasteiger charge is 2.20. The van der Waals surface area contributed by atoms with Crippen molar-refractivity contribution in [3.8, 4) is 0 Å². The number of hydroxylamine groups is 2. The summed E-state index contributed by atoms with van der Waals surface area (Å²) in [6, 6.07) is 0.967. The molecule has 0 aliphatic carbocycles. The van der Waals surface area contributed by atoms with E-state index in [1.165, 1.54) is 0 Å². The molecule has 0 saturated heterocycles. The number of carbonyl (C=O) groups is 1. The van der Waals surface area contributed by atoms with Crippen LogP contribution in [-0.4, -0.2) is 53.1 Å². The first kappa shape index (κ1) is 15.5. The maximum absolute atomic E-state index is 11.2. The van der Waals surface area contributed by atoms with E-state index in [0.29, 0.717) is 30.2 Å². The van der Waals surface area contributed by atoms with E-state index in [4.69, 9.17) is 0 Å². The van der Waals surface area contributed by atoms with E-state index >= 15 is 0 Å². The van der Waals surface area contributed by atoms with E-state index in [1.807, 2.05) is 0 Å². The van der Waals surface area contributed by atoms with Crippen LogP contribution in [0.25, 0.3) is 0 Å². The van der Waals surface area contributed by atoms with Crippen molar-refractivity contribution >= 4 is 16.2 Å². The highest BCUT2D eigenvalue weighted by Crippen LogP contribution is 2.09. The third-order valence-electron chi connectivity index (χ3n) is 2.53. The number of aryl methyl sites for hydroxylation is 1. The Morgan fingerprint density at radius 1 is 1.42 bits per heavy atom. The molecule has 7 nitrogen and oxygen atoms in total. The molecule has 0 bridgehead atoms. The molecule has 0 aliphatic heterocycles. The molecule has 0 saturated carbocycles. The molecule has 0 radical (unpaired) electrons. The number of nitrogens with zero attached hydrogens (tertiary/aromatic N) is 3. The van der Waals surface area contributed by atoms with Gasteiger partial charge >= 0.3 is 0 Å². The van der Waals surface area contributed by atoms with Crippen LogP contribution >= 0.6 is 0 Å². The van der Waals surface area contributed by atoms with Gasteiger partial charge in [-0.15, -0.1) is 0 Å². The fourth-order valence-electron chi connectivity index (χ4n) is 1.68. The van der Waals surface area contributed by atoms with Gasteiger partial charge in [0.25, 0.3) is 0 Å². The van der Waals surface area contributed by atoms with Gasteiger partial charge in [-0.05, 0) is 18.9 Å². The summed E-state index contributed by atoms with van der Waals surface area (Å²) in [6.45, 7) is 0. The Labute approximate surface area is 112 Å². The average molecular weight is 287 g/mol. The Kier molecular flexibility index (Phi) is 5.84. The predicted molar refractivity (Wildman–Crippen MR) is 68.2 cm³/mol. The number of rotatable bonds is 8. The van der Waals surface area contributed by atoms with Crippen LogP contribution in [0.15, 0.2) is 18.5 Å². The summed E-state index contributed by atoms with van der Waals surface area (Å²) >= 11 is 0. The molecule has 1 heterocycles. The third kappa shape index (κ3) is 6.25. The molecule has 0 spiro atoms. The molecule has 1 aromatic rings. The average Bonchev–Trinajstić information content (AvgIpc) is 2.36. The van der Waals surface area contributed by atoms with Gasteiger partial charge < -0.3 is 0 Å². The van der Waals surface area contributed by atoms with E-state index in [1.54, 1.807) is 18.5 Å². The number of aromatic nitrogens is 2. The standard InChI is InChI=1S/C11H17N3O4S/c1-19(17,18)8-10(14(16)9-15)4-2-5-11-12-6-3-7-13-11/h3,6-7,9-10,16H,2,4-5,8H2,1H3. The first-order chi connectivity index (χ1) is 8.92. The van der Waals surface area contributed by atoms with Gasteiger partial charge in [0.2, 0.25) is 6.41 Å². The van der Waals surface area contributed by atoms with Crippen molar-refractivity contribution in [2.45, 2.75) is 25.3 Å². The third-order valence-corrected chi connectivity index (χ3v) is 3.52. The lowest BCUT2D eigenvalue weighted by atomic mass is 10.1. The van der Waals surface area contributed by atoms with Crippen molar-refractivity contribution in [2.24, 2.45) is 0 Å². The fourth-order valence-corrected chi connectivity index (χ4v) is 2.70. The minimum Gasteiger partial charge on any atom is -0.286 e. The molecular weight excluding hydrogens is 270 g/mol. The number of amides is 1. The molecule has 106 valence electrons. The van der Waals surface area contributed by atoms with Crippen LogP contribution in [0.3, 0.4) is 0 Å². The van der Waals surface area contributed by atoms with Crippen LogP contribution in [-0.2, 0) is 21.1 Å². The van der Waals surface area contributed by atoms with Crippen molar-refractivity contribution in [3.63, 3.8) is 0 Å². The molecule has 19 heavy (non-hydrogen) atoms. The van der Waals surface area contributed by atoms with Crippen LogP contribution in [0, 0.1) is 0 Å². The highest BCUT2D eigenvalue weighted by molar-refractivity contribution is 7.90. The molecule has 1 rings (SSSR count). The largest absolute Gasteiger partial charge is 0.286 e. The van der Waals surface area contributed by atoms with Gasteiger partial charge in [-0.25, -0.2) is 23.4 Å². The zero-order chi connectivity index (χ0) is 14.3. The molecule has 1 N–H and O–H groups in total. The lowest BCUT2D eigenvalue weighted by molar-refractivity contribution is -0.158. The molecule has 0 fully saturated rings. The quantitative estimate of drug-likeness (QED) is 0.412. The van der Waals surface area contributed by atoms with E-state index < -0.39 is 15.9 Å². The van der Waals surface area contributed by atoms with Crippen molar-refractivity contribution in [2.75, 3.05) is 12.0 Å². The van der Waals surface area contributed by atoms with Crippen LogP contribution in [0.4, 0.5) is 0 Å². The first-order valence-electron chi connectivity index (χ1n) is 5.78. The minimum atomic E-state index is -3.27. The number of hydrogen-bond donors (Lipinski definition) is 1. The van der Waals surface area contributed by atoms with E-state index in [9.17, 15) is 18.4 Å². The summed E-state index contributed by atoms with van der Waals surface area (Å²) in [5.74, 6) is 0.383. The number of sulfone groups is 1. The number of carbonyl (C=O) groups excluding carboxylic acids is 1. The Balaban J connectivity index is 2.51. The van der Waals surface area contributed by atoms with Gasteiger partial charge in [0, 0.05) is 25.1 Å². The van der Waals surface area contributed by atoms with Gasteiger partial charge in [0.05, 0.1) is 11.8 Å². The second-order valence-corrected chi connectivity index (χ2v) is 6.47. The van der Waals surface area contributed by atoms with Gasteiger partial charge in [-0.2, -0.15) is 0 Å². The summed E-state index contributed by atoms with van der Waals surface area (Å²) in [4.78, 5) is 18.6. The number of hydrogen-bond acceptors (Lipinski definition) is 6. The summed E-state index contributed by atoms with van der Waals surface area (Å²) in [7, 11) is -3.27. The Bertz CT molecular complexity index is 492. The summed E-state index contributed by atoms with van der Waals surface area (Å²) in [5, 5.41) is 9.76. The van der Waals surface area contributed by atoms with Crippen molar-refractivity contribution in [3.05, 3.63) is 24.3 Å². The zero-order valence-corrected chi connectivity index (χ0v) is 11.5. The summed E-state index contributed by atoms with van der Waals surface area (Å²) in [6.07, 6.45) is 6.04. The van der Waals surface area contributed by atoms with Gasteiger partial charge in [-0.1, -0.05) is 0 Å². The Morgan fingerprint density at radius 3 is 2.58 bits per heavy atom. The predicted octanol–water partition coefficient (Wildman–Crippen LogP) is 0.0601. The Hall–Kier alpha value is -1.54. The second-order valence-electron chi connectivity index (χ2n) is 4.29. The maximum Gasteiger partial charge on any atom is 0.233 e. The van der Waals surface area contributed by atoms with Crippen molar-refractivity contribution < 1.29 is 18.4 Å². The van der Waals surface area contributed by atoms with E-state index in [-0.39, 0.29) is 12.2 Å². The van der Waals surface area contributed by atoms with Gasteiger partial charge in [0.1, 0.15) is 15.7 Å². The Morgan fingerprint density at radius 2 is 2.05 bits per heavy atom. The topological polar surface area (TPSA) is 100 Å². The second kappa shape index (κ2) is 7.15. The van der Waals surface area contributed by atoms with Gasteiger partial charge in [0.15, 0.2) is 0 Å². The molecule has 8 heteroatoms. The molecule has 1 atom stereocenters. The highest BCUT2D eigenvalue weighted by atomic mass is 32.2. The molecular formula is C11H17N3O4S. The van der Waals surface area contributed by atoms with Crippen LogP contribution < -0.4 is 0 Å². The monoisotopic (exact) mass is 287 g/mol. The zero-order valence-electron chi connectivity index (χ0n) is 10.6. The van der Waals surface area contributed by atoms with Gasteiger partial charge in [-0.3, -0.25) is 10.0 Å². The minimum absolute atomic E-state index is 0.217. The molecule has 1 amide bonds. The molecule has 1 aromatic heterocycles. The molecule has 0 aliphatic rings. The van der Waals surface area contributed by atoms with Crippen LogP contribution in [0.5, 0.6) is 0 Å². The molecule has 0 aromatic carbocycles. The van der Waals surface area contributed by atoms with Crippen LogP contribution in [0.2, 0.25) is 0 Å². The van der Waals surface area contributed by atoms with Crippen molar-refractivity contribution in [1.82, 2.24) is 15.0 Å². The smallest absolute Gasteiger partial charge is 0.233 e. The lowest BCUT2D eigenvalue weighted by Crippen LogP contribution is -2.37. The lowest BCUT2D eigenvalue weighted by Gasteiger charge is -2.21. The molecule has 1 unspecified atom stereocenters. The van der Waals surface area contributed by atoms with E-state index in [2.05, 4.69) is 9.97 Å². The van der Waals surface area contributed by atoms with Crippen molar-refractivity contribution in [1.29, 1.82) is 0 Å².